The van der Waals surface area contributed by atoms with Crippen LogP contribution in [-0.2, 0) is 38.6 Å². The number of benzene rings is 3. The van der Waals surface area contributed by atoms with Crippen LogP contribution in [0.4, 0.5) is 10.1 Å². The number of piperazine rings is 1. The quantitative estimate of drug-likeness (QED) is 0.182. The third kappa shape index (κ3) is 8.83. The lowest BCUT2D eigenvalue weighted by Crippen LogP contribution is -2.60. The molecule has 1 saturated heterocycles. The molecule has 2 unspecified atom stereocenters. The van der Waals surface area contributed by atoms with Gasteiger partial charge >= 0.3 is 0 Å². The maximum atomic E-state index is 13.5. The highest BCUT2D eigenvalue weighted by Crippen LogP contribution is 2.22. The predicted molar refractivity (Wildman–Crippen MR) is 160 cm³/mol. The Bertz CT molecular complexity index is 1500. The van der Waals surface area contributed by atoms with Crippen molar-refractivity contribution in [2.45, 2.75) is 25.4 Å². The molecule has 1 aliphatic rings. The van der Waals surface area contributed by atoms with Crippen molar-refractivity contribution in [3.05, 3.63) is 94.8 Å². The number of anilines is 1. The maximum absolute atomic E-state index is 13.5. The van der Waals surface area contributed by atoms with E-state index in [4.69, 9.17) is 16.3 Å². The van der Waals surface area contributed by atoms with Gasteiger partial charge in [-0.15, -0.1) is 0 Å². The van der Waals surface area contributed by atoms with Gasteiger partial charge in [-0.25, -0.2) is 8.70 Å². The lowest BCUT2D eigenvalue weighted by molar-refractivity contribution is -0.151. The molecule has 0 aromatic heterocycles. The molecule has 0 spiro atoms. The second kappa shape index (κ2) is 15.2. The second-order valence-corrected chi connectivity index (χ2v) is 11.5. The summed E-state index contributed by atoms with van der Waals surface area (Å²) in [7, 11) is 1.48. The van der Waals surface area contributed by atoms with Gasteiger partial charge < -0.3 is 19.1 Å². The molecule has 14 heteroatoms. The maximum Gasteiger partial charge on any atom is 0.252 e. The fraction of sp³-hybridized carbons (Fsp3) is 0.300. The van der Waals surface area contributed by atoms with Gasteiger partial charge in [0.1, 0.15) is 18.1 Å². The summed E-state index contributed by atoms with van der Waals surface area (Å²) in [5.74, 6) is -1.78. The molecule has 2 atom stereocenters. The summed E-state index contributed by atoms with van der Waals surface area (Å²) in [6, 6.07) is 17.7. The van der Waals surface area contributed by atoms with Gasteiger partial charge in [0.25, 0.3) is 5.91 Å². The molecule has 1 N–H and O–H groups in total. The molecule has 4 rings (SSSR count). The third-order valence-corrected chi connectivity index (χ3v) is 8.13. The van der Waals surface area contributed by atoms with Crippen LogP contribution in [0.25, 0.3) is 0 Å². The van der Waals surface area contributed by atoms with Crippen molar-refractivity contribution in [2.24, 2.45) is 0 Å². The van der Waals surface area contributed by atoms with Crippen LogP contribution in [0.15, 0.2) is 72.8 Å². The van der Waals surface area contributed by atoms with Crippen LogP contribution in [0.3, 0.4) is 0 Å². The van der Waals surface area contributed by atoms with Crippen LogP contribution in [0.1, 0.15) is 17.5 Å². The fourth-order valence-electron chi connectivity index (χ4n) is 4.81. The van der Waals surface area contributed by atoms with Crippen LogP contribution in [0, 0.1) is 5.82 Å². The number of amides is 3. The first kappa shape index (κ1) is 33.0. The Kier molecular flexibility index (Phi) is 11.4. The van der Waals surface area contributed by atoms with E-state index in [1.807, 2.05) is 0 Å². The fourth-order valence-corrected chi connectivity index (χ4v) is 5.48. The zero-order chi connectivity index (χ0) is 31.8. The summed E-state index contributed by atoms with van der Waals surface area (Å²) in [6.45, 7) is -0.976. The number of halogens is 2. The summed E-state index contributed by atoms with van der Waals surface area (Å²) < 4.78 is 43.5. The molecule has 1 aliphatic heterocycles. The Morgan fingerprint density at radius 2 is 1.82 bits per heavy atom. The van der Waals surface area contributed by atoms with E-state index in [-0.39, 0.29) is 38.2 Å². The van der Waals surface area contributed by atoms with Gasteiger partial charge in [-0.2, -0.15) is 5.06 Å². The van der Waals surface area contributed by atoms with Crippen molar-refractivity contribution >= 4 is 46.3 Å². The van der Waals surface area contributed by atoms with E-state index in [2.05, 4.69) is 0 Å². The first-order valence-electron chi connectivity index (χ1n) is 13.6. The summed E-state index contributed by atoms with van der Waals surface area (Å²) in [5.41, 5.74) is 1.58. The first-order valence-corrected chi connectivity index (χ1v) is 15.0. The van der Waals surface area contributed by atoms with Crippen molar-refractivity contribution in [3.8, 4) is 5.75 Å². The number of ether oxygens (including phenoxy) is 1. The smallest absolute Gasteiger partial charge is 0.252 e. The van der Waals surface area contributed by atoms with Crippen LogP contribution >= 0.6 is 11.6 Å². The number of hydrogen-bond donors (Lipinski definition) is 1. The average molecular weight is 646 g/mol. The number of hydroxylamine groups is 1. The van der Waals surface area contributed by atoms with E-state index in [0.29, 0.717) is 21.4 Å². The molecule has 3 amide bonds. The van der Waals surface area contributed by atoms with E-state index in [1.54, 1.807) is 36.4 Å². The van der Waals surface area contributed by atoms with Crippen molar-refractivity contribution in [1.82, 2.24) is 14.1 Å². The molecule has 1 heterocycles. The zero-order valence-electron chi connectivity index (χ0n) is 23.8. The summed E-state index contributed by atoms with van der Waals surface area (Å²) in [6.07, 6.45) is -0.0834. The number of hydrogen-bond acceptors (Lipinski definition) is 7. The number of rotatable bonds is 12. The Morgan fingerprint density at radius 3 is 2.45 bits per heavy atom. The molecule has 0 radical (unpaired) electrons. The van der Waals surface area contributed by atoms with Gasteiger partial charge in [0.05, 0.1) is 31.8 Å². The number of methoxy groups -OCH3 is 1. The summed E-state index contributed by atoms with van der Waals surface area (Å²) >= 11 is 3.26. The highest BCUT2D eigenvalue weighted by Gasteiger charge is 2.37. The molecule has 0 bridgehead atoms. The Hall–Kier alpha value is -3.88. The number of nitrogens with zero attached hydrogens (tertiary/aromatic N) is 4. The highest BCUT2D eigenvalue weighted by molar-refractivity contribution is 7.76. The van der Waals surface area contributed by atoms with Crippen LogP contribution in [0.2, 0.25) is 5.02 Å². The highest BCUT2D eigenvalue weighted by atomic mass is 35.5. The zero-order valence-corrected chi connectivity index (χ0v) is 25.4. The SMILES string of the molecule is COc1ccc(N(O)C(=O)CC2CN(Cc3ccc(F)cc3)C(=O)CN2C(=O)CN(CCc2cccc(Cl)c2)S(=O)[O-])cc1. The predicted octanol–water partition coefficient (Wildman–Crippen LogP) is 3.18. The van der Waals surface area contributed by atoms with Crippen molar-refractivity contribution < 1.29 is 37.5 Å². The Labute approximate surface area is 261 Å². The van der Waals surface area contributed by atoms with E-state index in [9.17, 15) is 32.7 Å². The lowest BCUT2D eigenvalue weighted by Gasteiger charge is -2.42. The van der Waals surface area contributed by atoms with Gasteiger partial charge in [0.2, 0.25) is 11.8 Å². The molecular formula is C30H31ClFN4O7S-. The lowest BCUT2D eigenvalue weighted by atomic mass is 10.1. The van der Waals surface area contributed by atoms with E-state index < -0.39 is 53.9 Å². The largest absolute Gasteiger partial charge is 0.760 e. The minimum atomic E-state index is -2.76. The van der Waals surface area contributed by atoms with Gasteiger partial charge in [0, 0.05) is 35.9 Å². The molecular weight excluding hydrogens is 615 g/mol. The van der Waals surface area contributed by atoms with Gasteiger partial charge in [0.15, 0.2) is 0 Å². The second-order valence-electron chi connectivity index (χ2n) is 10.1. The van der Waals surface area contributed by atoms with Crippen molar-refractivity contribution in [1.29, 1.82) is 0 Å². The topological polar surface area (TPSA) is 134 Å². The van der Waals surface area contributed by atoms with Crippen LogP contribution in [0.5, 0.6) is 5.75 Å². The van der Waals surface area contributed by atoms with Crippen molar-refractivity contribution in [2.75, 3.05) is 38.4 Å². The average Bonchev–Trinajstić information content (AvgIpc) is 3.01. The molecule has 11 nitrogen and oxygen atoms in total. The molecule has 0 aliphatic carbocycles. The molecule has 3 aromatic carbocycles. The first-order chi connectivity index (χ1) is 21.0. The van der Waals surface area contributed by atoms with Gasteiger partial charge in [-0.1, -0.05) is 35.9 Å². The summed E-state index contributed by atoms with van der Waals surface area (Å²) in [4.78, 5) is 42.4. The molecule has 3 aromatic rings. The van der Waals surface area contributed by atoms with E-state index in [1.165, 1.54) is 53.3 Å². The van der Waals surface area contributed by atoms with Crippen LogP contribution < -0.4 is 9.80 Å². The molecule has 0 saturated carbocycles. The molecule has 1 fully saturated rings. The normalized spacial score (nSPS) is 15.8. The van der Waals surface area contributed by atoms with E-state index in [0.717, 1.165) is 9.87 Å². The third-order valence-electron chi connectivity index (χ3n) is 7.16. The van der Waals surface area contributed by atoms with Gasteiger partial charge in [-0.05, 0) is 66.1 Å². The Morgan fingerprint density at radius 1 is 1.11 bits per heavy atom. The molecule has 44 heavy (non-hydrogen) atoms. The molecule has 234 valence electrons. The minimum Gasteiger partial charge on any atom is -0.760 e. The monoisotopic (exact) mass is 645 g/mol. The van der Waals surface area contributed by atoms with E-state index >= 15 is 0 Å². The standard InChI is InChI=1S/C30H32ClFN4O7S/c1-43-27-11-9-25(10-12-27)36(40)28(37)16-26-18-33(17-22-5-7-24(32)8-6-22)29(38)20-35(26)30(39)19-34(44(41)42)14-13-21-3-2-4-23(31)15-21/h2-12,15,26,40H,13-14,16-20H2,1H3,(H,41,42)/p-1. The van der Waals surface area contributed by atoms with Gasteiger partial charge in [-0.3, -0.25) is 23.8 Å². The van der Waals surface area contributed by atoms with Crippen LogP contribution in [-0.4, -0.2) is 85.1 Å². The Balaban J connectivity index is 1.51. The van der Waals surface area contributed by atoms with Crippen molar-refractivity contribution in [3.63, 3.8) is 0 Å². The summed E-state index contributed by atoms with van der Waals surface area (Å²) in [5, 5.41) is 11.6. The minimum absolute atomic E-state index is 0.0217. The number of carbonyl (C=O) groups excluding carboxylic acids is 3. The number of carbonyl (C=O) groups is 3.